The Balaban J connectivity index is 3.15. The molecule has 118 valence electrons. The van der Waals surface area contributed by atoms with E-state index in [4.69, 9.17) is 9.94 Å². The Kier molecular flexibility index (Phi) is 6.13. The normalized spacial score (nSPS) is 13.0. The van der Waals surface area contributed by atoms with E-state index in [1.165, 1.54) is 36.9 Å². The number of nitrogens with one attached hydrogen (secondary N) is 1. The molecule has 1 unspecified atom stereocenters. The zero-order valence-electron chi connectivity index (χ0n) is 12.2. The van der Waals surface area contributed by atoms with Crippen molar-refractivity contribution in [3.05, 3.63) is 24.3 Å². The van der Waals surface area contributed by atoms with Crippen molar-refractivity contribution < 1.29 is 23.2 Å². The van der Waals surface area contributed by atoms with Gasteiger partial charge in [-0.2, -0.15) is 4.31 Å². The van der Waals surface area contributed by atoms with Crippen molar-refractivity contribution in [1.82, 2.24) is 9.79 Å². The van der Waals surface area contributed by atoms with Crippen LogP contribution in [0.2, 0.25) is 0 Å². The van der Waals surface area contributed by atoms with Gasteiger partial charge >= 0.3 is 0 Å². The molecule has 1 amide bonds. The van der Waals surface area contributed by atoms with Crippen molar-refractivity contribution in [1.29, 1.82) is 0 Å². The molecule has 0 aromatic heterocycles. The molecule has 1 rings (SSSR count). The van der Waals surface area contributed by atoms with Crippen LogP contribution in [0, 0.1) is 0 Å². The Morgan fingerprint density at radius 3 is 2.38 bits per heavy atom. The first-order chi connectivity index (χ1) is 9.86. The van der Waals surface area contributed by atoms with Crippen LogP contribution in [-0.4, -0.2) is 43.5 Å². The van der Waals surface area contributed by atoms with Crippen LogP contribution < -0.4 is 10.2 Å². The summed E-state index contributed by atoms with van der Waals surface area (Å²) in [7, 11) is -2.35. The highest BCUT2D eigenvalue weighted by atomic mass is 32.2. The van der Waals surface area contributed by atoms with Gasteiger partial charge in [0.25, 0.3) is 5.91 Å². The number of ether oxygens (including phenoxy) is 1. The van der Waals surface area contributed by atoms with E-state index in [-0.39, 0.29) is 10.9 Å². The number of rotatable bonds is 7. The van der Waals surface area contributed by atoms with Crippen molar-refractivity contribution >= 4 is 15.9 Å². The second kappa shape index (κ2) is 7.39. The molecule has 0 spiro atoms. The first-order valence-corrected chi connectivity index (χ1v) is 7.89. The molecule has 0 fully saturated rings. The summed E-state index contributed by atoms with van der Waals surface area (Å²) in [6.07, 6.45) is 0.536. The van der Waals surface area contributed by atoms with E-state index in [1.807, 2.05) is 6.92 Å². The molecule has 0 saturated carbocycles. The summed E-state index contributed by atoms with van der Waals surface area (Å²) < 4.78 is 31.3. The van der Waals surface area contributed by atoms with E-state index in [9.17, 15) is 13.2 Å². The Hall–Kier alpha value is -1.64. The second-order valence-corrected chi connectivity index (χ2v) is 6.41. The van der Waals surface area contributed by atoms with Gasteiger partial charge in [0, 0.05) is 6.04 Å². The van der Waals surface area contributed by atoms with Gasteiger partial charge in [-0.25, -0.2) is 13.9 Å². The lowest BCUT2D eigenvalue weighted by atomic mass is 10.2. The van der Waals surface area contributed by atoms with Crippen LogP contribution in [0.4, 0.5) is 0 Å². The maximum atomic E-state index is 12.6. The molecule has 1 atom stereocenters. The quantitative estimate of drug-likeness (QED) is 0.578. The fourth-order valence-corrected chi connectivity index (χ4v) is 3.40. The van der Waals surface area contributed by atoms with Gasteiger partial charge in [-0.1, -0.05) is 6.92 Å². The molecule has 8 heteroatoms. The third kappa shape index (κ3) is 4.16. The molecule has 0 aliphatic carbocycles. The summed E-state index contributed by atoms with van der Waals surface area (Å²) in [6, 6.07) is 5.52. The van der Waals surface area contributed by atoms with Crippen LogP contribution in [-0.2, 0) is 14.8 Å². The van der Waals surface area contributed by atoms with Crippen LogP contribution >= 0.6 is 0 Å². The van der Waals surface area contributed by atoms with Gasteiger partial charge in [-0.3, -0.25) is 10.0 Å². The SMILES string of the molecule is CCC(C)N(CC(=O)NO)S(=O)(=O)c1ccc(OC)cc1. The minimum atomic E-state index is -3.84. The average molecular weight is 316 g/mol. The summed E-state index contributed by atoms with van der Waals surface area (Å²) in [5.41, 5.74) is 1.45. The zero-order chi connectivity index (χ0) is 16.0. The Bertz CT molecular complexity index is 571. The lowest BCUT2D eigenvalue weighted by molar-refractivity contribution is -0.129. The highest BCUT2D eigenvalue weighted by Gasteiger charge is 2.30. The number of hydroxylamine groups is 1. The van der Waals surface area contributed by atoms with Gasteiger partial charge in [0.05, 0.1) is 18.6 Å². The van der Waals surface area contributed by atoms with Crippen LogP contribution in [0.25, 0.3) is 0 Å². The molecule has 0 aliphatic heterocycles. The van der Waals surface area contributed by atoms with Crippen LogP contribution in [0.1, 0.15) is 20.3 Å². The lowest BCUT2D eigenvalue weighted by Gasteiger charge is -2.26. The standard InChI is InChI=1S/C13H20N2O5S/c1-4-10(2)15(9-13(16)14-17)21(18,19)12-7-5-11(20-3)6-8-12/h5-8,10,17H,4,9H2,1-3H3,(H,14,16). The minimum absolute atomic E-state index is 0.0642. The van der Waals surface area contributed by atoms with Crippen LogP contribution in [0.3, 0.4) is 0 Å². The maximum absolute atomic E-state index is 12.6. The Labute approximate surface area is 124 Å². The molecule has 0 heterocycles. The summed E-state index contributed by atoms with van der Waals surface area (Å²) in [4.78, 5) is 11.4. The Morgan fingerprint density at radius 2 is 1.95 bits per heavy atom. The fourth-order valence-electron chi connectivity index (χ4n) is 1.74. The van der Waals surface area contributed by atoms with Crippen molar-refractivity contribution in [2.24, 2.45) is 0 Å². The highest BCUT2D eigenvalue weighted by molar-refractivity contribution is 7.89. The molecular weight excluding hydrogens is 296 g/mol. The summed E-state index contributed by atoms with van der Waals surface area (Å²) in [5, 5.41) is 8.61. The summed E-state index contributed by atoms with van der Waals surface area (Å²) in [5.74, 6) is -0.246. The predicted octanol–water partition coefficient (Wildman–Crippen LogP) is 0.990. The number of hydrogen-bond acceptors (Lipinski definition) is 5. The molecule has 0 bridgehead atoms. The topological polar surface area (TPSA) is 95.9 Å². The molecule has 1 aromatic carbocycles. The van der Waals surface area contributed by atoms with E-state index in [0.29, 0.717) is 12.2 Å². The zero-order valence-corrected chi connectivity index (χ0v) is 13.1. The van der Waals surface area contributed by atoms with Gasteiger partial charge in [-0.15, -0.1) is 0 Å². The van der Waals surface area contributed by atoms with E-state index in [1.54, 1.807) is 6.92 Å². The monoisotopic (exact) mass is 316 g/mol. The molecule has 0 aliphatic rings. The van der Waals surface area contributed by atoms with Gasteiger partial charge in [0.2, 0.25) is 10.0 Å². The number of amides is 1. The number of nitrogens with zero attached hydrogens (tertiary/aromatic N) is 1. The van der Waals surface area contributed by atoms with Crippen LogP contribution in [0.5, 0.6) is 5.75 Å². The summed E-state index contributed by atoms with van der Waals surface area (Å²) >= 11 is 0. The van der Waals surface area contributed by atoms with Gasteiger partial charge in [0.15, 0.2) is 0 Å². The molecule has 0 saturated heterocycles. The van der Waals surface area contributed by atoms with Crippen molar-refractivity contribution in [2.45, 2.75) is 31.2 Å². The molecular formula is C13H20N2O5S. The van der Waals surface area contributed by atoms with E-state index in [2.05, 4.69) is 0 Å². The third-order valence-corrected chi connectivity index (χ3v) is 5.15. The number of hydrogen-bond donors (Lipinski definition) is 2. The number of benzene rings is 1. The largest absolute Gasteiger partial charge is 0.497 e. The predicted molar refractivity (Wildman–Crippen MR) is 76.6 cm³/mol. The number of carbonyl (C=O) groups is 1. The molecule has 0 radical (unpaired) electrons. The smallest absolute Gasteiger partial charge is 0.258 e. The number of carbonyl (C=O) groups excluding carboxylic acids is 1. The maximum Gasteiger partial charge on any atom is 0.258 e. The van der Waals surface area contributed by atoms with Crippen molar-refractivity contribution in [3.8, 4) is 5.75 Å². The molecule has 21 heavy (non-hydrogen) atoms. The first kappa shape index (κ1) is 17.4. The van der Waals surface area contributed by atoms with E-state index < -0.39 is 22.5 Å². The van der Waals surface area contributed by atoms with Gasteiger partial charge in [0.1, 0.15) is 5.75 Å². The molecule has 1 aromatic rings. The molecule has 7 nitrogen and oxygen atoms in total. The van der Waals surface area contributed by atoms with Gasteiger partial charge in [-0.05, 0) is 37.6 Å². The van der Waals surface area contributed by atoms with E-state index >= 15 is 0 Å². The average Bonchev–Trinajstić information content (AvgIpc) is 2.51. The number of methoxy groups -OCH3 is 1. The van der Waals surface area contributed by atoms with Crippen LogP contribution in [0.15, 0.2) is 29.2 Å². The second-order valence-electron chi connectivity index (χ2n) is 4.52. The fraction of sp³-hybridized carbons (Fsp3) is 0.462. The minimum Gasteiger partial charge on any atom is -0.497 e. The van der Waals surface area contributed by atoms with E-state index in [0.717, 1.165) is 4.31 Å². The molecule has 2 N–H and O–H groups in total. The third-order valence-electron chi connectivity index (χ3n) is 3.17. The van der Waals surface area contributed by atoms with Crippen molar-refractivity contribution in [2.75, 3.05) is 13.7 Å². The number of sulfonamides is 1. The summed E-state index contributed by atoms with van der Waals surface area (Å²) in [6.45, 7) is 3.07. The van der Waals surface area contributed by atoms with Gasteiger partial charge < -0.3 is 4.74 Å². The van der Waals surface area contributed by atoms with Crippen molar-refractivity contribution in [3.63, 3.8) is 0 Å². The first-order valence-electron chi connectivity index (χ1n) is 6.45. The highest BCUT2D eigenvalue weighted by Crippen LogP contribution is 2.21. The Morgan fingerprint density at radius 1 is 1.38 bits per heavy atom. The lowest BCUT2D eigenvalue weighted by Crippen LogP contribution is -2.44.